The maximum atomic E-state index is 12.6. The van der Waals surface area contributed by atoms with E-state index in [1.807, 2.05) is 13.8 Å². The highest BCUT2D eigenvalue weighted by Gasteiger charge is 2.35. The maximum Gasteiger partial charge on any atom is 0.338 e. The summed E-state index contributed by atoms with van der Waals surface area (Å²) in [6.45, 7) is 4.04. The van der Waals surface area contributed by atoms with Crippen LogP contribution in [0.4, 0.5) is 0 Å². The Hall–Kier alpha value is -3.49. The number of carbonyl (C=O) groups is 3. The molecule has 1 aliphatic rings. The normalized spacial score (nSPS) is 13.2. The van der Waals surface area contributed by atoms with E-state index < -0.39 is 23.1 Å². The number of carbonyl (C=O) groups excluding carboxylic acids is 3. The Labute approximate surface area is 172 Å². The van der Waals surface area contributed by atoms with Crippen LogP contribution in [0.3, 0.4) is 0 Å². The molecule has 158 valence electrons. The monoisotopic (exact) mass is 413 g/mol. The van der Waals surface area contributed by atoms with Gasteiger partial charge in [-0.05, 0) is 30.5 Å². The van der Waals surface area contributed by atoms with Crippen LogP contribution in [-0.2, 0) is 25.4 Å². The van der Waals surface area contributed by atoms with Gasteiger partial charge in [-0.2, -0.15) is 0 Å². The van der Waals surface area contributed by atoms with E-state index in [0.29, 0.717) is 18.9 Å². The zero-order chi connectivity index (χ0) is 22.2. The predicted octanol–water partition coefficient (Wildman–Crippen LogP) is 1.08. The molecule has 1 aromatic heterocycles. The smallest absolute Gasteiger partial charge is 0.338 e. The van der Waals surface area contributed by atoms with Crippen molar-refractivity contribution in [2.75, 3.05) is 6.54 Å². The van der Waals surface area contributed by atoms with Crippen LogP contribution in [0, 0.1) is 5.92 Å². The van der Waals surface area contributed by atoms with Crippen molar-refractivity contribution in [3.63, 3.8) is 0 Å². The molecule has 0 aliphatic carbocycles. The van der Waals surface area contributed by atoms with Crippen LogP contribution in [0.2, 0.25) is 0 Å². The van der Waals surface area contributed by atoms with E-state index in [0.717, 1.165) is 4.57 Å². The molecule has 1 aliphatic heterocycles. The van der Waals surface area contributed by atoms with Crippen LogP contribution < -0.4 is 11.2 Å². The van der Waals surface area contributed by atoms with Crippen LogP contribution in [-0.4, -0.2) is 38.4 Å². The number of fused-ring (bicyclic) bond motifs is 1. The van der Waals surface area contributed by atoms with Gasteiger partial charge in [-0.15, -0.1) is 0 Å². The van der Waals surface area contributed by atoms with Gasteiger partial charge in [0.2, 0.25) is 0 Å². The molecular formula is C21H23N3O6. The van der Waals surface area contributed by atoms with Crippen molar-refractivity contribution in [3.05, 3.63) is 67.5 Å². The number of hydrogen-bond donors (Lipinski definition) is 0. The van der Waals surface area contributed by atoms with Gasteiger partial charge in [0.15, 0.2) is 0 Å². The third kappa shape index (κ3) is 3.83. The average Bonchev–Trinajstić information content (AvgIpc) is 2.95. The molecule has 0 radical (unpaired) electrons. The van der Waals surface area contributed by atoms with Gasteiger partial charge in [0, 0.05) is 26.7 Å². The summed E-state index contributed by atoms with van der Waals surface area (Å²) in [7, 11) is 2.82. The van der Waals surface area contributed by atoms with Crippen molar-refractivity contribution < 1.29 is 19.1 Å². The molecule has 0 saturated carbocycles. The summed E-state index contributed by atoms with van der Waals surface area (Å²) in [5.41, 5.74) is -0.268. The van der Waals surface area contributed by atoms with Crippen molar-refractivity contribution in [2.45, 2.75) is 26.9 Å². The standard InChI is InChI=1S/C21H23N3O6/c1-12(2)7-8-24-18(26)15-6-5-13(9-16(15)19(24)27)20(28)30-11-14-10-17(25)23(4)21(29)22(14)3/h5-6,9-10,12H,7-8,11H2,1-4H3. The molecule has 2 aromatic rings. The highest BCUT2D eigenvalue weighted by atomic mass is 16.5. The molecule has 1 aromatic carbocycles. The van der Waals surface area contributed by atoms with Crippen LogP contribution >= 0.6 is 0 Å². The number of imide groups is 1. The molecule has 9 nitrogen and oxygen atoms in total. The summed E-state index contributed by atoms with van der Waals surface area (Å²) in [6, 6.07) is 5.42. The van der Waals surface area contributed by atoms with Gasteiger partial charge < -0.3 is 4.74 Å². The lowest BCUT2D eigenvalue weighted by Gasteiger charge is -2.14. The van der Waals surface area contributed by atoms with E-state index in [2.05, 4.69) is 0 Å². The summed E-state index contributed by atoms with van der Waals surface area (Å²) in [5, 5.41) is 0. The highest BCUT2D eigenvalue weighted by molar-refractivity contribution is 6.21. The topological polar surface area (TPSA) is 108 Å². The zero-order valence-electron chi connectivity index (χ0n) is 17.3. The second-order valence-corrected chi connectivity index (χ2v) is 7.66. The second kappa shape index (κ2) is 8.10. The number of aromatic nitrogens is 2. The summed E-state index contributed by atoms with van der Waals surface area (Å²) >= 11 is 0. The van der Waals surface area contributed by atoms with E-state index in [-0.39, 0.29) is 34.9 Å². The fourth-order valence-corrected chi connectivity index (χ4v) is 3.15. The fraction of sp³-hybridized carbons (Fsp3) is 0.381. The molecule has 9 heteroatoms. The Morgan fingerprint density at radius 1 is 0.967 bits per heavy atom. The molecule has 2 amide bonds. The average molecular weight is 413 g/mol. The summed E-state index contributed by atoms with van der Waals surface area (Å²) in [4.78, 5) is 62.4. The fourth-order valence-electron chi connectivity index (χ4n) is 3.15. The lowest BCUT2D eigenvalue weighted by Crippen LogP contribution is -2.38. The summed E-state index contributed by atoms with van der Waals surface area (Å²) in [6.07, 6.45) is 0.690. The Morgan fingerprint density at radius 2 is 1.63 bits per heavy atom. The first kappa shape index (κ1) is 21.2. The summed E-state index contributed by atoms with van der Waals surface area (Å²) < 4.78 is 7.37. The lowest BCUT2D eigenvalue weighted by atomic mass is 10.1. The molecule has 2 heterocycles. The van der Waals surface area contributed by atoms with Gasteiger partial charge in [-0.3, -0.25) is 28.4 Å². The Balaban J connectivity index is 1.77. The van der Waals surface area contributed by atoms with Gasteiger partial charge in [0.25, 0.3) is 17.4 Å². The molecule has 0 atom stereocenters. The van der Waals surface area contributed by atoms with Gasteiger partial charge in [-0.1, -0.05) is 13.8 Å². The minimum Gasteiger partial charge on any atom is -0.456 e. The van der Waals surface area contributed by atoms with Crippen molar-refractivity contribution in [3.8, 4) is 0 Å². The maximum absolute atomic E-state index is 12.6. The third-order valence-electron chi connectivity index (χ3n) is 5.11. The summed E-state index contributed by atoms with van der Waals surface area (Å²) in [5.74, 6) is -1.19. The largest absolute Gasteiger partial charge is 0.456 e. The van der Waals surface area contributed by atoms with Crippen molar-refractivity contribution in [2.24, 2.45) is 20.0 Å². The first-order valence-electron chi connectivity index (χ1n) is 9.55. The number of esters is 1. The van der Waals surface area contributed by atoms with E-state index in [1.54, 1.807) is 0 Å². The number of amides is 2. The van der Waals surface area contributed by atoms with Crippen molar-refractivity contribution in [1.82, 2.24) is 14.0 Å². The van der Waals surface area contributed by atoms with Crippen LogP contribution in [0.25, 0.3) is 0 Å². The highest BCUT2D eigenvalue weighted by Crippen LogP contribution is 2.25. The van der Waals surface area contributed by atoms with E-state index in [9.17, 15) is 24.0 Å². The minimum atomic E-state index is -0.730. The Bertz CT molecular complexity index is 1160. The predicted molar refractivity (Wildman–Crippen MR) is 107 cm³/mol. The number of benzene rings is 1. The Kier molecular flexibility index (Phi) is 5.73. The first-order chi connectivity index (χ1) is 14.1. The van der Waals surface area contributed by atoms with Gasteiger partial charge >= 0.3 is 11.7 Å². The Morgan fingerprint density at radius 3 is 2.30 bits per heavy atom. The first-order valence-corrected chi connectivity index (χ1v) is 9.55. The van der Waals surface area contributed by atoms with Crippen molar-refractivity contribution in [1.29, 1.82) is 0 Å². The van der Waals surface area contributed by atoms with Crippen molar-refractivity contribution >= 4 is 17.8 Å². The SMILES string of the molecule is CC(C)CCN1C(=O)c2ccc(C(=O)OCc3cc(=O)n(C)c(=O)n3C)cc2C1=O. The van der Waals surface area contributed by atoms with E-state index in [1.165, 1.54) is 47.8 Å². The van der Waals surface area contributed by atoms with Crippen LogP contribution in [0.5, 0.6) is 0 Å². The molecule has 0 spiro atoms. The van der Waals surface area contributed by atoms with Gasteiger partial charge in [0.1, 0.15) is 6.61 Å². The van der Waals surface area contributed by atoms with Gasteiger partial charge in [-0.25, -0.2) is 9.59 Å². The molecule has 0 fully saturated rings. The third-order valence-corrected chi connectivity index (χ3v) is 5.11. The molecule has 3 rings (SSSR count). The molecule has 0 bridgehead atoms. The quantitative estimate of drug-likeness (QED) is 0.518. The molecule has 30 heavy (non-hydrogen) atoms. The van der Waals surface area contributed by atoms with Crippen LogP contribution in [0.1, 0.15) is 57.0 Å². The number of hydrogen-bond acceptors (Lipinski definition) is 6. The number of nitrogens with zero attached hydrogens (tertiary/aromatic N) is 3. The lowest BCUT2D eigenvalue weighted by molar-refractivity contribution is 0.0462. The molecule has 0 unspecified atom stereocenters. The van der Waals surface area contributed by atoms with Gasteiger partial charge in [0.05, 0.1) is 22.4 Å². The number of ether oxygens (including phenoxy) is 1. The number of rotatable bonds is 6. The van der Waals surface area contributed by atoms with E-state index >= 15 is 0 Å². The zero-order valence-corrected chi connectivity index (χ0v) is 17.3. The van der Waals surface area contributed by atoms with E-state index in [4.69, 9.17) is 4.74 Å². The minimum absolute atomic E-state index is 0.106. The molecular weight excluding hydrogens is 390 g/mol. The second-order valence-electron chi connectivity index (χ2n) is 7.66. The van der Waals surface area contributed by atoms with Crippen LogP contribution in [0.15, 0.2) is 33.9 Å². The molecule has 0 N–H and O–H groups in total. The molecule has 0 saturated heterocycles.